The summed E-state index contributed by atoms with van der Waals surface area (Å²) >= 11 is 0. The van der Waals surface area contributed by atoms with Gasteiger partial charge in [0.25, 0.3) is 0 Å². The summed E-state index contributed by atoms with van der Waals surface area (Å²) in [6.07, 6.45) is 8.22. The van der Waals surface area contributed by atoms with Gasteiger partial charge >= 0.3 is 0 Å². The first-order chi connectivity index (χ1) is 10.3. The molecule has 0 saturated carbocycles. The second-order valence-corrected chi connectivity index (χ2v) is 6.23. The smallest absolute Gasteiger partial charge is 0.0880 e. The van der Waals surface area contributed by atoms with Crippen molar-refractivity contribution in [3.63, 3.8) is 0 Å². The Morgan fingerprint density at radius 2 is 2.00 bits per heavy atom. The van der Waals surface area contributed by atoms with Crippen molar-refractivity contribution >= 4 is 5.57 Å². The largest absolute Gasteiger partial charge is 0.289 e. The van der Waals surface area contributed by atoms with Gasteiger partial charge in [-0.3, -0.25) is 9.58 Å². The van der Waals surface area contributed by atoms with Gasteiger partial charge in [0.2, 0.25) is 0 Å². The van der Waals surface area contributed by atoms with E-state index in [1.165, 1.54) is 24.0 Å². The third kappa shape index (κ3) is 2.42. The fraction of sp³-hybridized carbons (Fsp3) is 0.389. The number of benzene rings is 1. The molecule has 1 aromatic heterocycles. The average Bonchev–Trinajstić information content (AvgIpc) is 3.01. The highest BCUT2D eigenvalue weighted by Crippen LogP contribution is 2.38. The normalized spacial score (nSPS) is 25.1. The topological polar surface area (TPSA) is 21.1 Å². The third-order valence-electron chi connectivity index (χ3n) is 4.79. The van der Waals surface area contributed by atoms with Crippen LogP contribution in [-0.4, -0.2) is 26.8 Å². The summed E-state index contributed by atoms with van der Waals surface area (Å²) in [6, 6.07) is 14.2. The lowest BCUT2D eigenvalue weighted by Gasteiger charge is -2.33. The molecular formula is C18H21N3. The Hall–Kier alpha value is -1.87. The first-order valence-corrected chi connectivity index (χ1v) is 7.80. The summed E-state index contributed by atoms with van der Waals surface area (Å²) < 4.78 is 1.90. The minimum Gasteiger partial charge on any atom is -0.289 e. The number of rotatable bonds is 3. The zero-order valence-corrected chi connectivity index (χ0v) is 12.4. The van der Waals surface area contributed by atoms with Crippen LogP contribution in [0.25, 0.3) is 5.57 Å². The molecule has 21 heavy (non-hydrogen) atoms. The summed E-state index contributed by atoms with van der Waals surface area (Å²) in [5.41, 5.74) is 4.02. The molecule has 2 aliphatic rings. The van der Waals surface area contributed by atoms with E-state index < -0.39 is 0 Å². The highest BCUT2D eigenvalue weighted by molar-refractivity contribution is 5.65. The molecule has 2 bridgehead atoms. The Morgan fingerprint density at radius 3 is 2.71 bits per heavy atom. The van der Waals surface area contributed by atoms with E-state index in [-0.39, 0.29) is 0 Å². The maximum Gasteiger partial charge on any atom is 0.0880 e. The summed E-state index contributed by atoms with van der Waals surface area (Å²) in [6.45, 7) is 1.07. The Labute approximate surface area is 125 Å². The molecule has 0 N–H and O–H groups in total. The molecule has 2 aliphatic heterocycles. The number of aryl methyl sites for hydroxylation is 1. The quantitative estimate of drug-likeness (QED) is 0.860. The zero-order valence-electron chi connectivity index (χ0n) is 12.4. The fourth-order valence-corrected chi connectivity index (χ4v) is 3.73. The number of hydrogen-bond donors (Lipinski definition) is 0. The third-order valence-corrected chi connectivity index (χ3v) is 4.79. The average molecular weight is 279 g/mol. The van der Waals surface area contributed by atoms with Gasteiger partial charge in [0.05, 0.1) is 5.69 Å². The van der Waals surface area contributed by atoms with Gasteiger partial charge in [0.15, 0.2) is 0 Å². The van der Waals surface area contributed by atoms with Gasteiger partial charge in [-0.2, -0.15) is 5.10 Å². The zero-order chi connectivity index (χ0) is 14.2. The van der Waals surface area contributed by atoms with Crippen LogP contribution in [0, 0.1) is 0 Å². The number of fused-ring (bicyclic) bond motifs is 2. The van der Waals surface area contributed by atoms with Crippen LogP contribution in [0.15, 0.2) is 48.7 Å². The van der Waals surface area contributed by atoms with Crippen LogP contribution in [0.2, 0.25) is 0 Å². The molecule has 3 heterocycles. The van der Waals surface area contributed by atoms with E-state index in [2.05, 4.69) is 52.5 Å². The van der Waals surface area contributed by atoms with Gasteiger partial charge in [-0.25, -0.2) is 0 Å². The summed E-state index contributed by atoms with van der Waals surface area (Å²) in [7, 11) is 1.99. The van der Waals surface area contributed by atoms with E-state index in [0.717, 1.165) is 18.7 Å². The molecular weight excluding hydrogens is 258 g/mol. The standard InChI is InChI=1S/C18H21N3/c1-20-10-9-18(19-20)15-11-16-7-8-17(12-15)21(16)13-14-5-3-2-4-6-14/h2-6,9-11,16-17H,7-8,12-13H2,1H3. The molecule has 2 aromatic rings. The molecule has 0 radical (unpaired) electrons. The Bertz CT molecular complexity index is 656. The molecule has 0 aliphatic carbocycles. The van der Waals surface area contributed by atoms with Gasteiger partial charge in [-0.15, -0.1) is 0 Å². The van der Waals surface area contributed by atoms with Crippen molar-refractivity contribution in [2.24, 2.45) is 7.05 Å². The monoisotopic (exact) mass is 279 g/mol. The minimum atomic E-state index is 0.584. The van der Waals surface area contributed by atoms with E-state index in [1.807, 2.05) is 17.9 Å². The first kappa shape index (κ1) is 12.8. The Kier molecular flexibility index (Phi) is 3.15. The van der Waals surface area contributed by atoms with Gasteiger partial charge < -0.3 is 0 Å². The second-order valence-electron chi connectivity index (χ2n) is 6.23. The van der Waals surface area contributed by atoms with Crippen molar-refractivity contribution < 1.29 is 0 Å². The predicted octanol–water partition coefficient (Wildman–Crippen LogP) is 3.24. The molecule has 1 aromatic carbocycles. The van der Waals surface area contributed by atoms with Crippen LogP contribution < -0.4 is 0 Å². The van der Waals surface area contributed by atoms with E-state index in [0.29, 0.717) is 12.1 Å². The predicted molar refractivity (Wildman–Crippen MR) is 84.6 cm³/mol. The molecule has 2 atom stereocenters. The lowest BCUT2D eigenvalue weighted by molar-refractivity contribution is 0.203. The molecule has 3 heteroatoms. The van der Waals surface area contributed by atoms with Gasteiger partial charge in [-0.1, -0.05) is 36.4 Å². The Balaban J connectivity index is 1.56. The fourth-order valence-electron chi connectivity index (χ4n) is 3.73. The first-order valence-electron chi connectivity index (χ1n) is 7.80. The molecule has 0 spiro atoms. The Morgan fingerprint density at radius 1 is 1.14 bits per heavy atom. The molecule has 1 saturated heterocycles. The van der Waals surface area contributed by atoms with E-state index in [1.54, 1.807) is 0 Å². The van der Waals surface area contributed by atoms with E-state index in [9.17, 15) is 0 Å². The van der Waals surface area contributed by atoms with Crippen molar-refractivity contribution in [3.05, 3.63) is 59.9 Å². The van der Waals surface area contributed by atoms with Crippen LogP contribution in [0.5, 0.6) is 0 Å². The van der Waals surface area contributed by atoms with Crippen LogP contribution in [0.4, 0.5) is 0 Å². The number of hydrogen-bond acceptors (Lipinski definition) is 2. The van der Waals surface area contributed by atoms with Crippen molar-refractivity contribution in [1.29, 1.82) is 0 Å². The highest BCUT2D eigenvalue weighted by atomic mass is 15.3. The lowest BCUT2D eigenvalue weighted by Crippen LogP contribution is -2.37. The van der Waals surface area contributed by atoms with Crippen LogP contribution in [-0.2, 0) is 13.6 Å². The van der Waals surface area contributed by atoms with Gasteiger partial charge in [0, 0.05) is 31.9 Å². The van der Waals surface area contributed by atoms with Gasteiger partial charge in [-0.05, 0) is 36.5 Å². The number of aromatic nitrogens is 2. The molecule has 3 nitrogen and oxygen atoms in total. The summed E-state index contributed by atoms with van der Waals surface area (Å²) in [5, 5.41) is 4.57. The van der Waals surface area contributed by atoms with Crippen molar-refractivity contribution in [1.82, 2.24) is 14.7 Å². The van der Waals surface area contributed by atoms with Crippen molar-refractivity contribution in [3.8, 4) is 0 Å². The van der Waals surface area contributed by atoms with Crippen molar-refractivity contribution in [2.75, 3.05) is 0 Å². The van der Waals surface area contributed by atoms with Crippen LogP contribution in [0.3, 0.4) is 0 Å². The maximum absolute atomic E-state index is 4.57. The molecule has 108 valence electrons. The maximum atomic E-state index is 4.57. The molecule has 2 unspecified atom stereocenters. The highest BCUT2D eigenvalue weighted by Gasteiger charge is 2.36. The number of nitrogens with zero attached hydrogens (tertiary/aromatic N) is 3. The summed E-state index contributed by atoms with van der Waals surface area (Å²) in [5.74, 6) is 0. The summed E-state index contributed by atoms with van der Waals surface area (Å²) in [4.78, 5) is 2.67. The molecule has 0 amide bonds. The lowest BCUT2D eigenvalue weighted by atomic mass is 9.98. The second kappa shape index (κ2) is 5.15. The SMILES string of the molecule is Cn1ccc(C2=CC3CCC(C2)N3Cc2ccccc2)n1. The van der Waals surface area contributed by atoms with E-state index in [4.69, 9.17) is 0 Å². The van der Waals surface area contributed by atoms with Crippen molar-refractivity contribution in [2.45, 2.75) is 37.9 Å². The minimum absolute atomic E-state index is 0.584. The van der Waals surface area contributed by atoms with Crippen LogP contribution >= 0.6 is 0 Å². The molecule has 4 rings (SSSR count). The molecule has 1 fully saturated rings. The van der Waals surface area contributed by atoms with Crippen LogP contribution in [0.1, 0.15) is 30.5 Å². The van der Waals surface area contributed by atoms with E-state index >= 15 is 0 Å². The van der Waals surface area contributed by atoms with Gasteiger partial charge in [0.1, 0.15) is 0 Å².